The van der Waals surface area contributed by atoms with Crippen molar-refractivity contribution in [1.82, 2.24) is 0 Å². The normalized spacial score (nSPS) is 23.2. The van der Waals surface area contributed by atoms with Gasteiger partial charge in [-0.05, 0) is 38.7 Å². The lowest BCUT2D eigenvalue weighted by Gasteiger charge is -2.14. The standard InChI is InChI=1S/C12H19NO2/c1-9-11(6-8-14-9)12(13)5-4-10-3-2-7-15-10/h6,8,10,12H,2-5,7,13H2,1H3. The Kier molecular flexibility index (Phi) is 3.44. The molecule has 0 amide bonds. The van der Waals surface area contributed by atoms with Gasteiger partial charge in [-0.25, -0.2) is 0 Å². The summed E-state index contributed by atoms with van der Waals surface area (Å²) in [6, 6.07) is 2.06. The van der Waals surface area contributed by atoms with Crippen LogP contribution in [0.25, 0.3) is 0 Å². The van der Waals surface area contributed by atoms with Gasteiger partial charge in [0.15, 0.2) is 0 Å². The first kappa shape index (κ1) is 10.7. The molecule has 0 spiro atoms. The topological polar surface area (TPSA) is 48.4 Å². The zero-order chi connectivity index (χ0) is 10.7. The fourth-order valence-corrected chi connectivity index (χ4v) is 2.17. The summed E-state index contributed by atoms with van der Waals surface area (Å²) in [4.78, 5) is 0. The monoisotopic (exact) mass is 209 g/mol. The van der Waals surface area contributed by atoms with Gasteiger partial charge < -0.3 is 14.9 Å². The number of nitrogens with two attached hydrogens (primary N) is 1. The predicted molar refractivity (Wildman–Crippen MR) is 58.6 cm³/mol. The molecule has 15 heavy (non-hydrogen) atoms. The molecule has 0 saturated carbocycles. The van der Waals surface area contributed by atoms with Crippen LogP contribution in [0.15, 0.2) is 16.7 Å². The maximum Gasteiger partial charge on any atom is 0.105 e. The minimum Gasteiger partial charge on any atom is -0.469 e. The van der Waals surface area contributed by atoms with Crippen molar-refractivity contribution in [3.63, 3.8) is 0 Å². The van der Waals surface area contributed by atoms with Gasteiger partial charge in [-0.2, -0.15) is 0 Å². The van der Waals surface area contributed by atoms with Crippen molar-refractivity contribution >= 4 is 0 Å². The highest BCUT2D eigenvalue weighted by Gasteiger charge is 2.18. The van der Waals surface area contributed by atoms with Crippen LogP contribution in [-0.2, 0) is 4.74 Å². The van der Waals surface area contributed by atoms with Crippen LogP contribution in [0.1, 0.15) is 43.0 Å². The van der Waals surface area contributed by atoms with E-state index in [-0.39, 0.29) is 6.04 Å². The molecule has 1 aliphatic rings. The number of hydrogen-bond donors (Lipinski definition) is 1. The Labute approximate surface area is 90.6 Å². The van der Waals surface area contributed by atoms with E-state index in [1.54, 1.807) is 6.26 Å². The Morgan fingerprint density at radius 2 is 2.47 bits per heavy atom. The van der Waals surface area contributed by atoms with E-state index >= 15 is 0 Å². The van der Waals surface area contributed by atoms with Crippen LogP contribution >= 0.6 is 0 Å². The third kappa shape index (κ3) is 2.61. The molecule has 1 saturated heterocycles. The lowest BCUT2D eigenvalue weighted by atomic mass is 10.0. The van der Waals surface area contributed by atoms with Crippen LogP contribution < -0.4 is 5.73 Å². The van der Waals surface area contributed by atoms with E-state index < -0.39 is 0 Å². The number of rotatable bonds is 4. The van der Waals surface area contributed by atoms with E-state index in [2.05, 4.69) is 0 Å². The fourth-order valence-electron chi connectivity index (χ4n) is 2.17. The number of aryl methyl sites for hydroxylation is 1. The van der Waals surface area contributed by atoms with Gasteiger partial charge in [-0.1, -0.05) is 0 Å². The van der Waals surface area contributed by atoms with Gasteiger partial charge in [0, 0.05) is 18.2 Å². The Hall–Kier alpha value is -0.800. The Morgan fingerprint density at radius 3 is 3.07 bits per heavy atom. The number of hydrogen-bond acceptors (Lipinski definition) is 3. The summed E-state index contributed by atoms with van der Waals surface area (Å²) in [7, 11) is 0. The predicted octanol–water partition coefficient (Wildman–Crippen LogP) is 2.55. The Bertz CT molecular complexity index is 302. The molecule has 3 heteroatoms. The molecule has 2 rings (SSSR count). The minimum atomic E-state index is 0.0907. The van der Waals surface area contributed by atoms with Crippen molar-refractivity contribution in [3.05, 3.63) is 23.7 Å². The van der Waals surface area contributed by atoms with E-state index in [4.69, 9.17) is 14.9 Å². The van der Waals surface area contributed by atoms with Gasteiger partial charge in [0.05, 0.1) is 12.4 Å². The van der Waals surface area contributed by atoms with Crippen LogP contribution in [0.2, 0.25) is 0 Å². The minimum absolute atomic E-state index is 0.0907. The highest BCUT2D eigenvalue weighted by molar-refractivity contribution is 5.19. The molecule has 0 radical (unpaired) electrons. The SMILES string of the molecule is Cc1occc1C(N)CCC1CCCO1. The fraction of sp³-hybridized carbons (Fsp3) is 0.667. The molecule has 0 bridgehead atoms. The second-order valence-corrected chi connectivity index (χ2v) is 4.25. The van der Waals surface area contributed by atoms with E-state index in [0.29, 0.717) is 6.10 Å². The first-order valence-electron chi connectivity index (χ1n) is 5.68. The largest absolute Gasteiger partial charge is 0.469 e. The van der Waals surface area contributed by atoms with E-state index in [0.717, 1.165) is 30.8 Å². The van der Waals surface area contributed by atoms with Gasteiger partial charge >= 0.3 is 0 Å². The summed E-state index contributed by atoms with van der Waals surface area (Å²) in [6.07, 6.45) is 6.57. The maximum absolute atomic E-state index is 6.10. The van der Waals surface area contributed by atoms with E-state index in [1.165, 1.54) is 12.8 Å². The molecular formula is C12H19NO2. The van der Waals surface area contributed by atoms with Crippen molar-refractivity contribution in [2.75, 3.05) is 6.61 Å². The second kappa shape index (κ2) is 4.81. The van der Waals surface area contributed by atoms with Crippen LogP contribution in [0.5, 0.6) is 0 Å². The quantitative estimate of drug-likeness (QED) is 0.829. The van der Waals surface area contributed by atoms with Gasteiger partial charge in [0.1, 0.15) is 5.76 Å². The van der Waals surface area contributed by atoms with Gasteiger partial charge in [0.2, 0.25) is 0 Å². The first-order valence-corrected chi connectivity index (χ1v) is 5.68. The van der Waals surface area contributed by atoms with Gasteiger partial charge in [0.25, 0.3) is 0 Å². The molecule has 1 aromatic rings. The molecule has 2 atom stereocenters. The van der Waals surface area contributed by atoms with Gasteiger partial charge in [-0.15, -0.1) is 0 Å². The van der Waals surface area contributed by atoms with Crippen LogP contribution in [-0.4, -0.2) is 12.7 Å². The molecule has 1 aliphatic heterocycles. The van der Waals surface area contributed by atoms with Crippen molar-refractivity contribution in [2.24, 2.45) is 5.73 Å². The van der Waals surface area contributed by atoms with E-state index in [9.17, 15) is 0 Å². The Morgan fingerprint density at radius 1 is 1.60 bits per heavy atom. The smallest absolute Gasteiger partial charge is 0.105 e. The molecule has 3 nitrogen and oxygen atoms in total. The zero-order valence-electron chi connectivity index (χ0n) is 9.24. The average molecular weight is 209 g/mol. The molecule has 1 aromatic heterocycles. The number of ether oxygens (including phenoxy) is 1. The van der Waals surface area contributed by atoms with Crippen LogP contribution in [0.3, 0.4) is 0 Å². The lowest BCUT2D eigenvalue weighted by Crippen LogP contribution is -2.14. The summed E-state index contributed by atoms with van der Waals surface area (Å²) in [5.74, 6) is 0.940. The summed E-state index contributed by atoms with van der Waals surface area (Å²) in [6.45, 7) is 2.88. The third-order valence-electron chi connectivity index (χ3n) is 3.12. The summed E-state index contributed by atoms with van der Waals surface area (Å²) >= 11 is 0. The first-order chi connectivity index (χ1) is 7.27. The van der Waals surface area contributed by atoms with E-state index in [1.807, 2.05) is 13.0 Å². The second-order valence-electron chi connectivity index (χ2n) is 4.25. The van der Waals surface area contributed by atoms with Crippen molar-refractivity contribution < 1.29 is 9.15 Å². The highest BCUT2D eigenvalue weighted by atomic mass is 16.5. The molecule has 0 aliphatic carbocycles. The molecule has 2 unspecified atom stereocenters. The average Bonchev–Trinajstić information content (AvgIpc) is 2.84. The molecule has 0 aromatic carbocycles. The molecule has 1 fully saturated rings. The Balaban J connectivity index is 1.81. The summed E-state index contributed by atoms with van der Waals surface area (Å²) in [5.41, 5.74) is 7.24. The van der Waals surface area contributed by atoms with Crippen LogP contribution in [0, 0.1) is 6.92 Å². The molecular weight excluding hydrogens is 190 g/mol. The maximum atomic E-state index is 6.10. The van der Waals surface area contributed by atoms with Gasteiger partial charge in [-0.3, -0.25) is 0 Å². The van der Waals surface area contributed by atoms with Crippen molar-refractivity contribution in [3.8, 4) is 0 Å². The zero-order valence-corrected chi connectivity index (χ0v) is 9.24. The summed E-state index contributed by atoms with van der Waals surface area (Å²) in [5, 5.41) is 0. The third-order valence-corrected chi connectivity index (χ3v) is 3.12. The number of furan rings is 1. The molecule has 2 N–H and O–H groups in total. The highest BCUT2D eigenvalue weighted by Crippen LogP contribution is 2.24. The van der Waals surface area contributed by atoms with Crippen molar-refractivity contribution in [2.45, 2.75) is 44.8 Å². The van der Waals surface area contributed by atoms with Crippen LogP contribution in [0.4, 0.5) is 0 Å². The molecule has 2 heterocycles. The lowest BCUT2D eigenvalue weighted by molar-refractivity contribution is 0.101. The summed E-state index contributed by atoms with van der Waals surface area (Å²) < 4.78 is 10.8. The van der Waals surface area contributed by atoms with Crippen molar-refractivity contribution in [1.29, 1.82) is 0 Å². The molecule has 84 valence electrons.